The zero-order chi connectivity index (χ0) is 14.7. The molecule has 1 aliphatic heterocycles. The van der Waals surface area contributed by atoms with Crippen molar-refractivity contribution >= 4 is 34.8 Å². The van der Waals surface area contributed by atoms with Gasteiger partial charge in [-0.05, 0) is 36.5 Å². The summed E-state index contributed by atoms with van der Waals surface area (Å²) in [5.41, 5.74) is 0.610. The van der Waals surface area contributed by atoms with Crippen LogP contribution in [-0.4, -0.2) is 30.4 Å². The third-order valence-corrected chi connectivity index (χ3v) is 4.06. The molecule has 0 saturated carbocycles. The Morgan fingerprint density at radius 3 is 2.55 bits per heavy atom. The minimum Gasteiger partial charge on any atom is -0.324 e. The molecule has 3 nitrogen and oxygen atoms in total. The van der Waals surface area contributed by atoms with Crippen molar-refractivity contribution in [1.82, 2.24) is 4.90 Å². The summed E-state index contributed by atoms with van der Waals surface area (Å²) < 4.78 is 0. The highest BCUT2D eigenvalue weighted by atomic mass is 35.5. The van der Waals surface area contributed by atoms with Crippen molar-refractivity contribution < 1.29 is 4.79 Å². The molecule has 1 aromatic rings. The third kappa shape index (κ3) is 4.37. The fourth-order valence-corrected chi connectivity index (χ4v) is 3.36. The lowest BCUT2D eigenvalue weighted by molar-refractivity contribution is -0.117. The number of carbonyl (C=O) groups excluding carboxylic acids is 1. The zero-order valence-corrected chi connectivity index (χ0v) is 13.3. The molecule has 0 aliphatic carbocycles. The summed E-state index contributed by atoms with van der Waals surface area (Å²) in [7, 11) is 0. The summed E-state index contributed by atoms with van der Waals surface area (Å²) >= 11 is 11.9. The number of likely N-dealkylation sites (tertiary alicyclic amines) is 1. The molecule has 1 amide bonds. The summed E-state index contributed by atoms with van der Waals surface area (Å²) in [4.78, 5) is 14.3. The van der Waals surface area contributed by atoms with Gasteiger partial charge < -0.3 is 5.32 Å². The van der Waals surface area contributed by atoms with Crippen molar-refractivity contribution in [3.8, 4) is 0 Å². The molecule has 0 spiro atoms. The average Bonchev–Trinajstić information content (AvgIpc) is 2.31. The summed E-state index contributed by atoms with van der Waals surface area (Å²) in [6.45, 7) is 6.83. The van der Waals surface area contributed by atoms with Gasteiger partial charge in [0.15, 0.2) is 0 Å². The van der Waals surface area contributed by atoms with E-state index in [1.807, 2.05) is 0 Å². The fraction of sp³-hybridized carbons (Fsp3) is 0.533. The largest absolute Gasteiger partial charge is 0.324 e. The minimum atomic E-state index is -0.0319. The number of halogens is 2. The molecule has 5 heteroatoms. The van der Waals surface area contributed by atoms with E-state index in [4.69, 9.17) is 23.2 Å². The van der Waals surface area contributed by atoms with Crippen molar-refractivity contribution in [2.45, 2.75) is 20.3 Å². The minimum absolute atomic E-state index is 0.0319. The number of rotatable bonds is 3. The van der Waals surface area contributed by atoms with Gasteiger partial charge in [0.2, 0.25) is 5.91 Å². The quantitative estimate of drug-likeness (QED) is 0.917. The lowest BCUT2D eigenvalue weighted by atomic mass is 9.92. The first-order chi connectivity index (χ1) is 9.44. The lowest BCUT2D eigenvalue weighted by Crippen LogP contribution is -2.42. The molecule has 1 saturated heterocycles. The number of carbonyl (C=O) groups is 1. The van der Waals surface area contributed by atoms with Crippen LogP contribution in [0.25, 0.3) is 0 Å². The highest BCUT2D eigenvalue weighted by Crippen LogP contribution is 2.25. The van der Waals surface area contributed by atoms with E-state index in [1.54, 1.807) is 18.2 Å². The molecule has 110 valence electrons. The second-order valence-corrected chi connectivity index (χ2v) is 6.66. The van der Waals surface area contributed by atoms with Gasteiger partial charge in [0.25, 0.3) is 0 Å². The molecular weight excluding hydrogens is 295 g/mol. The van der Waals surface area contributed by atoms with Crippen LogP contribution in [0.2, 0.25) is 10.0 Å². The number of nitrogens with zero attached hydrogens (tertiary/aromatic N) is 1. The van der Waals surface area contributed by atoms with Gasteiger partial charge in [-0.2, -0.15) is 0 Å². The maximum absolute atomic E-state index is 12.1. The summed E-state index contributed by atoms with van der Waals surface area (Å²) in [6, 6.07) is 5.07. The predicted molar refractivity (Wildman–Crippen MR) is 84.5 cm³/mol. The molecule has 2 rings (SSSR count). The van der Waals surface area contributed by atoms with Gasteiger partial charge in [0.05, 0.1) is 17.3 Å². The van der Waals surface area contributed by atoms with Crippen molar-refractivity contribution in [2.75, 3.05) is 25.0 Å². The first kappa shape index (κ1) is 15.6. The van der Waals surface area contributed by atoms with Gasteiger partial charge in [-0.3, -0.25) is 9.69 Å². The fourth-order valence-electron chi connectivity index (χ4n) is 2.90. The lowest BCUT2D eigenvalue weighted by Gasteiger charge is -2.34. The summed E-state index contributed by atoms with van der Waals surface area (Å²) in [6.07, 6.45) is 1.24. The van der Waals surface area contributed by atoms with Crippen molar-refractivity contribution in [3.63, 3.8) is 0 Å². The number of hydrogen-bond donors (Lipinski definition) is 1. The van der Waals surface area contributed by atoms with Crippen LogP contribution in [0.15, 0.2) is 18.2 Å². The van der Waals surface area contributed by atoms with E-state index in [0.29, 0.717) is 34.1 Å². The molecule has 1 N–H and O–H groups in total. The Balaban J connectivity index is 1.92. The van der Waals surface area contributed by atoms with Crippen molar-refractivity contribution in [2.24, 2.45) is 11.8 Å². The molecule has 1 aromatic carbocycles. The van der Waals surface area contributed by atoms with Crippen LogP contribution in [0.1, 0.15) is 20.3 Å². The average molecular weight is 315 g/mol. The maximum Gasteiger partial charge on any atom is 0.238 e. The highest BCUT2D eigenvalue weighted by Gasteiger charge is 2.23. The Labute approximate surface area is 130 Å². The smallest absolute Gasteiger partial charge is 0.238 e. The predicted octanol–water partition coefficient (Wildman–Crippen LogP) is 3.91. The molecule has 1 fully saturated rings. The number of hydrogen-bond acceptors (Lipinski definition) is 2. The number of piperidine rings is 1. The van der Waals surface area contributed by atoms with E-state index in [0.717, 1.165) is 13.1 Å². The molecule has 1 heterocycles. The number of benzene rings is 1. The van der Waals surface area contributed by atoms with Crippen LogP contribution in [0.4, 0.5) is 5.69 Å². The Bertz CT molecular complexity index is 483. The number of amides is 1. The SMILES string of the molecule is CC1CC(C)CN(CC(=O)Nc2ccc(Cl)cc2Cl)C1. The van der Waals surface area contributed by atoms with E-state index < -0.39 is 0 Å². The third-order valence-electron chi connectivity index (χ3n) is 3.52. The first-order valence-corrected chi connectivity index (χ1v) is 7.67. The molecule has 0 radical (unpaired) electrons. The monoisotopic (exact) mass is 314 g/mol. The van der Waals surface area contributed by atoms with Crippen LogP contribution >= 0.6 is 23.2 Å². The van der Waals surface area contributed by atoms with Gasteiger partial charge in [-0.15, -0.1) is 0 Å². The van der Waals surface area contributed by atoms with Crippen LogP contribution in [0, 0.1) is 11.8 Å². The van der Waals surface area contributed by atoms with Gasteiger partial charge in [-0.25, -0.2) is 0 Å². The van der Waals surface area contributed by atoms with Crippen molar-refractivity contribution in [3.05, 3.63) is 28.2 Å². The normalized spacial score (nSPS) is 23.6. The highest BCUT2D eigenvalue weighted by molar-refractivity contribution is 6.36. The van der Waals surface area contributed by atoms with E-state index in [-0.39, 0.29) is 5.91 Å². The molecule has 1 aliphatic rings. The standard InChI is InChI=1S/C15H20Cl2N2O/c1-10-5-11(2)8-19(7-10)9-15(20)18-14-4-3-12(16)6-13(14)17/h3-4,6,10-11H,5,7-9H2,1-2H3,(H,18,20). The molecule has 20 heavy (non-hydrogen) atoms. The zero-order valence-electron chi connectivity index (χ0n) is 11.8. The maximum atomic E-state index is 12.1. The topological polar surface area (TPSA) is 32.3 Å². The van der Waals surface area contributed by atoms with Gasteiger partial charge in [0, 0.05) is 18.1 Å². The molecule has 0 bridgehead atoms. The van der Waals surface area contributed by atoms with Gasteiger partial charge in [0.1, 0.15) is 0 Å². The molecule has 0 aromatic heterocycles. The van der Waals surface area contributed by atoms with E-state index >= 15 is 0 Å². The van der Waals surface area contributed by atoms with E-state index in [1.165, 1.54) is 6.42 Å². The molecule has 2 unspecified atom stereocenters. The van der Waals surface area contributed by atoms with Crippen LogP contribution in [-0.2, 0) is 4.79 Å². The van der Waals surface area contributed by atoms with Crippen LogP contribution < -0.4 is 5.32 Å². The Kier molecular flexibility index (Phi) is 5.30. The van der Waals surface area contributed by atoms with Crippen molar-refractivity contribution in [1.29, 1.82) is 0 Å². The van der Waals surface area contributed by atoms with Crippen LogP contribution in [0.5, 0.6) is 0 Å². The summed E-state index contributed by atoms with van der Waals surface area (Å²) in [5, 5.41) is 3.87. The Morgan fingerprint density at radius 2 is 1.95 bits per heavy atom. The van der Waals surface area contributed by atoms with E-state index in [2.05, 4.69) is 24.1 Å². The molecule has 2 atom stereocenters. The second kappa shape index (κ2) is 6.79. The Morgan fingerprint density at radius 1 is 1.30 bits per heavy atom. The first-order valence-electron chi connectivity index (χ1n) is 6.91. The second-order valence-electron chi connectivity index (χ2n) is 5.81. The van der Waals surface area contributed by atoms with Gasteiger partial charge >= 0.3 is 0 Å². The summed E-state index contributed by atoms with van der Waals surface area (Å²) in [5.74, 6) is 1.26. The van der Waals surface area contributed by atoms with Crippen LogP contribution in [0.3, 0.4) is 0 Å². The number of anilines is 1. The Hall–Kier alpha value is -0.770. The number of nitrogens with one attached hydrogen (secondary N) is 1. The van der Waals surface area contributed by atoms with Gasteiger partial charge in [-0.1, -0.05) is 37.0 Å². The molecular formula is C15H20Cl2N2O. The van der Waals surface area contributed by atoms with E-state index in [9.17, 15) is 4.79 Å².